The van der Waals surface area contributed by atoms with E-state index in [1.165, 1.54) is 6.92 Å². The van der Waals surface area contributed by atoms with E-state index in [4.69, 9.17) is 18.6 Å². The molecular weight excluding hydrogens is 532 g/mol. The first-order valence-electron chi connectivity index (χ1n) is 12.6. The van der Waals surface area contributed by atoms with Crippen LogP contribution in [0.2, 0.25) is 0 Å². The minimum Gasteiger partial charge on any atom is -0.507 e. The van der Waals surface area contributed by atoms with E-state index < -0.39 is 90.3 Å². The van der Waals surface area contributed by atoms with Crippen LogP contribution in [0.1, 0.15) is 18.6 Å². The van der Waals surface area contributed by atoms with Crippen molar-refractivity contribution in [3.8, 4) is 22.8 Å². The van der Waals surface area contributed by atoms with Gasteiger partial charge in [-0.15, -0.1) is 0 Å². The predicted octanol–water partition coefficient (Wildman–Crippen LogP) is -0.762. The van der Waals surface area contributed by atoms with Gasteiger partial charge in [-0.05, 0) is 6.92 Å². The zero-order valence-electron chi connectivity index (χ0n) is 21.1. The zero-order chi connectivity index (χ0) is 28.9. The monoisotopic (exact) mass is 562 g/mol. The van der Waals surface area contributed by atoms with Gasteiger partial charge in [-0.1, -0.05) is 30.3 Å². The summed E-state index contributed by atoms with van der Waals surface area (Å²) in [5.41, 5.74) is -0.678. The van der Waals surface area contributed by atoms with Crippen LogP contribution in [0, 0.1) is 0 Å². The van der Waals surface area contributed by atoms with Crippen molar-refractivity contribution in [3.63, 3.8) is 0 Å². The summed E-state index contributed by atoms with van der Waals surface area (Å²) < 4.78 is 22.7. The number of benzene rings is 2. The van der Waals surface area contributed by atoms with Gasteiger partial charge in [0.15, 0.2) is 11.7 Å². The molecule has 13 heteroatoms. The van der Waals surface area contributed by atoms with E-state index in [9.17, 15) is 45.6 Å². The summed E-state index contributed by atoms with van der Waals surface area (Å²) in [4.78, 5) is 13.1. The Kier molecular flexibility index (Phi) is 7.85. The van der Waals surface area contributed by atoms with Crippen LogP contribution in [0.5, 0.6) is 11.5 Å². The van der Waals surface area contributed by atoms with Crippen LogP contribution in [0.15, 0.2) is 51.7 Å². The van der Waals surface area contributed by atoms with Crippen LogP contribution in [0.25, 0.3) is 22.3 Å². The fourth-order valence-corrected chi connectivity index (χ4v) is 5.09. The van der Waals surface area contributed by atoms with Crippen molar-refractivity contribution in [2.45, 2.75) is 68.1 Å². The van der Waals surface area contributed by atoms with E-state index in [2.05, 4.69) is 0 Å². The SMILES string of the molecule is C[C@@H]1O[C@@H](O[C@@H]2[C@@H](O)[C@H](O)[C@@H](CO)O[C@H]2c2c(O)cc3oc(-c4ccccc4)cc(=O)c3c2O)[C@H](O)[C@H](O)[C@H]1O. The number of rotatable bonds is 5. The Morgan fingerprint density at radius 1 is 0.875 bits per heavy atom. The smallest absolute Gasteiger partial charge is 0.197 e. The molecule has 2 saturated heterocycles. The molecule has 3 aromatic rings. The first-order valence-corrected chi connectivity index (χ1v) is 12.6. The number of aliphatic hydroxyl groups excluding tert-OH is 6. The third kappa shape index (κ3) is 4.85. The van der Waals surface area contributed by atoms with Crippen LogP contribution >= 0.6 is 0 Å². The Morgan fingerprint density at radius 3 is 2.25 bits per heavy atom. The van der Waals surface area contributed by atoms with Crippen molar-refractivity contribution in [2.75, 3.05) is 6.61 Å². The Bertz CT molecular complexity index is 1410. The van der Waals surface area contributed by atoms with Crippen LogP contribution < -0.4 is 5.43 Å². The van der Waals surface area contributed by atoms with Gasteiger partial charge < -0.3 is 59.5 Å². The summed E-state index contributed by atoms with van der Waals surface area (Å²) in [5, 5.41) is 83.6. The molecule has 0 bridgehead atoms. The lowest BCUT2D eigenvalue weighted by molar-refractivity contribution is -0.338. The quantitative estimate of drug-likeness (QED) is 0.192. The highest BCUT2D eigenvalue weighted by Gasteiger charge is 2.51. The minimum absolute atomic E-state index is 0.158. The summed E-state index contributed by atoms with van der Waals surface area (Å²) in [6.45, 7) is 0.631. The molecule has 8 N–H and O–H groups in total. The molecule has 2 fully saturated rings. The molecule has 40 heavy (non-hydrogen) atoms. The number of ether oxygens (including phenoxy) is 3. The molecule has 0 aliphatic carbocycles. The molecule has 0 saturated carbocycles. The molecule has 0 amide bonds. The highest BCUT2D eigenvalue weighted by atomic mass is 16.7. The number of fused-ring (bicyclic) bond motifs is 1. The van der Waals surface area contributed by atoms with Gasteiger partial charge in [-0.3, -0.25) is 4.79 Å². The van der Waals surface area contributed by atoms with E-state index in [-0.39, 0.29) is 16.7 Å². The second kappa shape index (κ2) is 11.0. The van der Waals surface area contributed by atoms with Gasteiger partial charge in [0, 0.05) is 17.7 Å². The normalized spacial score (nSPS) is 34.7. The highest BCUT2D eigenvalue weighted by Crippen LogP contribution is 2.46. The maximum absolute atomic E-state index is 13.1. The van der Waals surface area contributed by atoms with E-state index in [0.29, 0.717) is 5.56 Å². The maximum Gasteiger partial charge on any atom is 0.197 e. The van der Waals surface area contributed by atoms with Crippen LogP contribution in [-0.2, 0) is 14.2 Å². The van der Waals surface area contributed by atoms with E-state index >= 15 is 0 Å². The fourth-order valence-electron chi connectivity index (χ4n) is 5.09. The summed E-state index contributed by atoms with van der Waals surface area (Å²) in [5.74, 6) is -1.22. The molecular formula is C27H30O13. The molecule has 3 heterocycles. The minimum atomic E-state index is -1.84. The van der Waals surface area contributed by atoms with Crippen LogP contribution in [0.4, 0.5) is 0 Å². The lowest BCUT2D eigenvalue weighted by Gasteiger charge is -2.46. The van der Waals surface area contributed by atoms with Crippen molar-refractivity contribution in [3.05, 3.63) is 58.3 Å². The van der Waals surface area contributed by atoms with Crippen molar-refractivity contribution < 1.29 is 59.5 Å². The van der Waals surface area contributed by atoms with Gasteiger partial charge in [0.05, 0.1) is 18.3 Å². The van der Waals surface area contributed by atoms with Gasteiger partial charge in [-0.2, -0.15) is 0 Å². The second-order valence-corrected chi connectivity index (χ2v) is 9.91. The summed E-state index contributed by atoms with van der Waals surface area (Å²) in [6.07, 6.45) is -15.9. The number of phenolic OH excluding ortho intramolecular Hbond substituents is 2. The first-order chi connectivity index (χ1) is 19.0. The lowest BCUT2D eigenvalue weighted by Crippen LogP contribution is -2.61. The van der Waals surface area contributed by atoms with E-state index in [1.54, 1.807) is 30.3 Å². The molecule has 10 atom stereocenters. The number of hydrogen-bond acceptors (Lipinski definition) is 13. The average molecular weight is 563 g/mol. The number of aromatic hydroxyl groups is 2. The Morgan fingerprint density at radius 2 is 1.57 bits per heavy atom. The number of hydrogen-bond donors (Lipinski definition) is 8. The largest absolute Gasteiger partial charge is 0.507 e. The Balaban J connectivity index is 1.59. The van der Waals surface area contributed by atoms with Crippen molar-refractivity contribution >= 4 is 11.0 Å². The summed E-state index contributed by atoms with van der Waals surface area (Å²) >= 11 is 0. The van der Waals surface area contributed by atoms with Crippen molar-refractivity contribution in [1.29, 1.82) is 0 Å². The van der Waals surface area contributed by atoms with Crippen LogP contribution in [-0.4, -0.2) is 103 Å². The predicted molar refractivity (Wildman–Crippen MR) is 135 cm³/mol. The Labute approximate surface area is 226 Å². The second-order valence-electron chi connectivity index (χ2n) is 9.91. The average Bonchev–Trinajstić information content (AvgIpc) is 2.93. The first kappa shape index (κ1) is 28.4. The maximum atomic E-state index is 13.1. The molecule has 2 aromatic carbocycles. The van der Waals surface area contributed by atoms with Gasteiger partial charge in [0.2, 0.25) is 0 Å². The van der Waals surface area contributed by atoms with Crippen molar-refractivity contribution in [1.82, 2.24) is 0 Å². The van der Waals surface area contributed by atoms with Gasteiger partial charge in [-0.25, -0.2) is 0 Å². The van der Waals surface area contributed by atoms with Gasteiger partial charge >= 0.3 is 0 Å². The molecule has 0 spiro atoms. The third-order valence-electron chi connectivity index (χ3n) is 7.32. The highest BCUT2D eigenvalue weighted by molar-refractivity contribution is 5.88. The lowest BCUT2D eigenvalue weighted by atomic mass is 9.89. The van der Waals surface area contributed by atoms with Gasteiger partial charge in [0.25, 0.3) is 0 Å². The molecule has 13 nitrogen and oxygen atoms in total. The van der Waals surface area contributed by atoms with E-state index in [1.807, 2.05) is 0 Å². The Hall–Kier alpha value is -3.11. The molecule has 5 rings (SSSR count). The molecule has 0 radical (unpaired) electrons. The number of aliphatic hydroxyl groups is 6. The standard InChI is InChI=1S/C27H30O13/c1-10-19(31)22(34)24(36)27(37-10)40-26-23(35)20(32)16(9-28)39-25(26)18-13(30)8-15-17(21(18)33)12(29)7-14(38-15)11-5-3-2-4-6-11/h2-8,10,16,19-20,22-28,30-36H,9H2,1H3/t10-,16+,19-,20+,22+,23-,24+,25-,26+,27-/m0/s1. The van der Waals surface area contributed by atoms with E-state index in [0.717, 1.165) is 12.1 Å². The van der Waals surface area contributed by atoms with Crippen molar-refractivity contribution in [2.24, 2.45) is 0 Å². The molecule has 2 aliphatic heterocycles. The molecule has 1 aromatic heterocycles. The summed E-state index contributed by atoms with van der Waals surface area (Å²) in [7, 11) is 0. The fraction of sp³-hybridized carbons (Fsp3) is 0.444. The van der Waals surface area contributed by atoms with Gasteiger partial charge in [0.1, 0.15) is 77.1 Å². The third-order valence-corrected chi connectivity index (χ3v) is 7.32. The molecule has 2 aliphatic rings. The van der Waals surface area contributed by atoms with Crippen LogP contribution in [0.3, 0.4) is 0 Å². The topological polar surface area (TPSA) is 220 Å². The molecule has 0 unspecified atom stereocenters. The molecule has 216 valence electrons. The number of phenols is 2. The summed E-state index contributed by atoms with van der Waals surface area (Å²) in [6, 6.07) is 10.9. The zero-order valence-corrected chi connectivity index (χ0v) is 21.1.